The summed E-state index contributed by atoms with van der Waals surface area (Å²) >= 11 is 0. The Morgan fingerprint density at radius 2 is 2.10 bits per heavy atom. The third-order valence-electron chi connectivity index (χ3n) is 2.82. The van der Waals surface area contributed by atoms with Crippen molar-refractivity contribution >= 4 is 17.3 Å². The summed E-state index contributed by atoms with van der Waals surface area (Å²) < 4.78 is 1.63. The maximum atomic E-state index is 10.1. The van der Waals surface area contributed by atoms with Gasteiger partial charge in [0.25, 0.3) is 0 Å². The third kappa shape index (κ3) is 2.99. The summed E-state index contributed by atoms with van der Waals surface area (Å²) in [4.78, 5) is 0. The van der Waals surface area contributed by atoms with Gasteiger partial charge in [-0.1, -0.05) is 0 Å². The van der Waals surface area contributed by atoms with Crippen molar-refractivity contribution in [1.82, 2.24) is 14.9 Å². The molecule has 0 saturated carbocycles. The zero-order valence-electron chi connectivity index (χ0n) is 12.2. The fraction of sp³-hybridized carbons (Fsp3) is 0.333. The highest BCUT2D eigenvalue weighted by molar-refractivity contribution is 6.08. The summed E-state index contributed by atoms with van der Waals surface area (Å²) in [6.07, 6.45) is 4.85. The molecule has 2 heterocycles. The van der Waals surface area contributed by atoms with Crippen LogP contribution < -0.4 is 5.32 Å². The van der Waals surface area contributed by atoms with Crippen molar-refractivity contribution in [2.75, 3.05) is 0 Å². The highest BCUT2D eigenvalue weighted by atomic mass is 16.3. The molecule has 0 radical (unpaired) electrons. The topological polar surface area (TPSA) is 73.4 Å². The van der Waals surface area contributed by atoms with Gasteiger partial charge in [-0.15, -0.1) is 0 Å². The number of hydrogen-bond acceptors (Lipinski definition) is 4. The molecular weight excluding hydrogens is 252 g/mol. The molecule has 0 aromatic carbocycles. The Balaban J connectivity index is 2.47. The molecule has 2 aromatic heterocycles. The van der Waals surface area contributed by atoms with Crippen molar-refractivity contribution in [2.45, 2.75) is 33.2 Å². The molecule has 0 aliphatic rings. The van der Waals surface area contributed by atoms with Crippen LogP contribution in [0.3, 0.4) is 0 Å². The molecule has 0 bridgehead atoms. The number of nitrogens with zero attached hydrogens (tertiary/aromatic N) is 2. The van der Waals surface area contributed by atoms with Crippen LogP contribution in [0.2, 0.25) is 0 Å². The van der Waals surface area contributed by atoms with Crippen molar-refractivity contribution in [3.05, 3.63) is 35.8 Å². The minimum absolute atomic E-state index is 0.0807. The van der Waals surface area contributed by atoms with Crippen LogP contribution >= 0.6 is 0 Å². The van der Waals surface area contributed by atoms with Crippen molar-refractivity contribution in [3.63, 3.8) is 0 Å². The minimum atomic E-state index is -0.0807. The predicted octanol–water partition coefficient (Wildman–Crippen LogP) is 2.73. The van der Waals surface area contributed by atoms with E-state index in [1.165, 1.54) is 6.21 Å². The summed E-state index contributed by atoms with van der Waals surface area (Å²) in [6, 6.07) is 3.47. The molecule has 0 unspecified atom stereocenters. The molecule has 20 heavy (non-hydrogen) atoms. The number of aromatic nitrogens is 2. The van der Waals surface area contributed by atoms with E-state index in [1.54, 1.807) is 16.8 Å². The molecule has 106 valence electrons. The van der Waals surface area contributed by atoms with Gasteiger partial charge in [-0.05, 0) is 39.8 Å². The summed E-state index contributed by atoms with van der Waals surface area (Å²) in [6.45, 7) is 8.01. The number of hydrogen-bond donors (Lipinski definition) is 3. The van der Waals surface area contributed by atoms with Gasteiger partial charge in [-0.3, -0.25) is 0 Å². The van der Waals surface area contributed by atoms with Gasteiger partial charge >= 0.3 is 0 Å². The summed E-state index contributed by atoms with van der Waals surface area (Å²) in [7, 11) is 0. The number of allylic oxidation sites excluding steroid dienone is 1. The molecule has 0 amide bonds. The van der Waals surface area contributed by atoms with Crippen molar-refractivity contribution < 1.29 is 5.11 Å². The number of aryl methyl sites for hydroxylation is 1. The Morgan fingerprint density at radius 1 is 1.40 bits per heavy atom. The lowest BCUT2D eigenvalue weighted by Gasteiger charge is -2.19. The van der Waals surface area contributed by atoms with Crippen LogP contribution in [0.15, 0.2) is 24.5 Å². The van der Waals surface area contributed by atoms with E-state index >= 15 is 0 Å². The molecule has 2 aromatic rings. The number of pyridine rings is 1. The summed E-state index contributed by atoms with van der Waals surface area (Å²) in [5.41, 5.74) is 2.85. The summed E-state index contributed by atoms with van der Waals surface area (Å²) in [5.74, 6) is 0.159. The Hall–Kier alpha value is -2.30. The average molecular weight is 272 g/mol. The van der Waals surface area contributed by atoms with Crippen LogP contribution in [0.1, 0.15) is 32.0 Å². The largest absolute Gasteiger partial charge is 0.506 e. The zero-order chi connectivity index (χ0) is 14.9. The van der Waals surface area contributed by atoms with Gasteiger partial charge in [0, 0.05) is 35.3 Å². The van der Waals surface area contributed by atoms with Crippen LogP contribution in [0.4, 0.5) is 0 Å². The van der Waals surface area contributed by atoms with E-state index in [4.69, 9.17) is 5.41 Å². The van der Waals surface area contributed by atoms with Gasteiger partial charge in [0.05, 0.1) is 5.69 Å². The van der Waals surface area contributed by atoms with Gasteiger partial charge in [0.15, 0.2) is 0 Å². The maximum absolute atomic E-state index is 10.1. The van der Waals surface area contributed by atoms with E-state index in [0.29, 0.717) is 11.1 Å². The van der Waals surface area contributed by atoms with E-state index in [9.17, 15) is 5.11 Å². The fourth-order valence-electron chi connectivity index (χ4n) is 1.86. The molecule has 5 heteroatoms. The SMILES string of the molecule is Cc1cc2c(O)cc(/C(C=N)=C/NC(C)(C)C)cn2n1. The number of fused-ring (bicyclic) bond motifs is 1. The zero-order valence-corrected chi connectivity index (χ0v) is 12.2. The van der Waals surface area contributed by atoms with E-state index in [2.05, 4.69) is 10.4 Å². The first-order valence-electron chi connectivity index (χ1n) is 6.48. The number of aromatic hydroxyl groups is 1. The van der Waals surface area contributed by atoms with Crippen LogP contribution in [-0.4, -0.2) is 26.5 Å². The molecular formula is C15H20N4O. The molecule has 0 atom stereocenters. The highest BCUT2D eigenvalue weighted by Crippen LogP contribution is 2.24. The molecule has 5 nitrogen and oxygen atoms in total. The number of rotatable bonds is 3. The maximum Gasteiger partial charge on any atom is 0.141 e. The van der Waals surface area contributed by atoms with E-state index in [0.717, 1.165) is 11.3 Å². The second-order valence-electron chi connectivity index (χ2n) is 5.87. The molecule has 0 saturated heterocycles. The first kappa shape index (κ1) is 14.1. The molecule has 0 aliphatic heterocycles. The van der Waals surface area contributed by atoms with E-state index in [-0.39, 0.29) is 11.3 Å². The lowest BCUT2D eigenvalue weighted by Crippen LogP contribution is -2.31. The second kappa shape index (κ2) is 5.00. The molecule has 3 N–H and O–H groups in total. The fourth-order valence-corrected chi connectivity index (χ4v) is 1.86. The lowest BCUT2D eigenvalue weighted by molar-refractivity contribution is 0.478. The van der Waals surface area contributed by atoms with Gasteiger partial charge in [0.1, 0.15) is 11.3 Å². The Bertz CT molecular complexity index is 677. The van der Waals surface area contributed by atoms with E-state index < -0.39 is 0 Å². The predicted molar refractivity (Wildman–Crippen MR) is 81.2 cm³/mol. The van der Waals surface area contributed by atoms with Gasteiger partial charge in [0.2, 0.25) is 0 Å². The Labute approximate surface area is 118 Å². The Morgan fingerprint density at radius 3 is 2.70 bits per heavy atom. The van der Waals surface area contributed by atoms with Gasteiger partial charge in [-0.2, -0.15) is 5.10 Å². The normalized spacial score (nSPS) is 12.7. The average Bonchev–Trinajstić information content (AvgIpc) is 2.69. The smallest absolute Gasteiger partial charge is 0.141 e. The number of nitrogens with one attached hydrogen (secondary N) is 2. The Kier molecular flexibility index (Phi) is 3.53. The third-order valence-corrected chi connectivity index (χ3v) is 2.82. The molecule has 0 fully saturated rings. The van der Waals surface area contributed by atoms with Gasteiger partial charge in [-0.25, -0.2) is 4.52 Å². The summed E-state index contributed by atoms with van der Waals surface area (Å²) in [5, 5.41) is 25.1. The van der Waals surface area contributed by atoms with Crippen molar-refractivity contribution in [3.8, 4) is 5.75 Å². The van der Waals surface area contributed by atoms with Crippen molar-refractivity contribution in [2.24, 2.45) is 0 Å². The molecule has 0 spiro atoms. The van der Waals surface area contributed by atoms with Crippen LogP contribution in [0, 0.1) is 12.3 Å². The standard InChI is InChI=1S/C15H20N4O/c1-10-5-13-14(20)6-11(9-19(13)18-10)12(7-16)8-17-15(2,3)4/h5-9,16-17,20H,1-4H3/b12-8+,16-7?. The van der Waals surface area contributed by atoms with Crippen LogP contribution in [0.5, 0.6) is 5.75 Å². The minimum Gasteiger partial charge on any atom is -0.506 e. The highest BCUT2D eigenvalue weighted by Gasteiger charge is 2.10. The monoisotopic (exact) mass is 272 g/mol. The van der Waals surface area contributed by atoms with Gasteiger partial charge < -0.3 is 15.8 Å². The molecule has 0 aliphatic carbocycles. The van der Waals surface area contributed by atoms with Crippen LogP contribution in [-0.2, 0) is 0 Å². The molecule has 2 rings (SSSR count). The first-order chi connectivity index (χ1) is 9.30. The van der Waals surface area contributed by atoms with Crippen LogP contribution in [0.25, 0.3) is 11.1 Å². The lowest BCUT2D eigenvalue weighted by atomic mass is 10.1. The first-order valence-corrected chi connectivity index (χ1v) is 6.48. The van der Waals surface area contributed by atoms with Crippen molar-refractivity contribution in [1.29, 1.82) is 5.41 Å². The quantitative estimate of drug-likeness (QED) is 0.752. The van der Waals surface area contributed by atoms with E-state index in [1.807, 2.05) is 40.0 Å². The second-order valence-corrected chi connectivity index (χ2v) is 5.87.